The second kappa shape index (κ2) is 5.74. The lowest BCUT2D eigenvalue weighted by Gasteiger charge is -2.16. The predicted octanol–water partition coefficient (Wildman–Crippen LogP) is 3.61. The molecule has 0 aromatic carbocycles. The van der Waals surface area contributed by atoms with E-state index in [-0.39, 0.29) is 18.0 Å². The molecule has 0 saturated carbocycles. The van der Waals surface area contributed by atoms with Crippen LogP contribution in [0.1, 0.15) is 49.9 Å². The van der Waals surface area contributed by atoms with Gasteiger partial charge in [-0.2, -0.15) is 0 Å². The average molecular weight is 283 g/mol. The smallest absolute Gasteiger partial charge is 0.348 e. The molecule has 0 radical (unpaired) electrons. The number of hydrogen-bond donors (Lipinski definition) is 1. The minimum Gasteiger partial charge on any atom is -0.459 e. The summed E-state index contributed by atoms with van der Waals surface area (Å²) in [6.45, 7) is 11.0. The van der Waals surface area contributed by atoms with Crippen LogP contribution in [0.4, 0.5) is 5.00 Å². The van der Waals surface area contributed by atoms with Crippen molar-refractivity contribution in [1.29, 1.82) is 0 Å². The maximum absolute atomic E-state index is 11.9. The molecule has 0 aliphatic rings. The third kappa shape index (κ3) is 4.35. The molecular weight excluding hydrogens is 262 g/mol. The van der Waals surface area contributed by atoms with Crippen LogP contribution >= 0.6 is 11.3 Å². The fraction of sp³-hybridized carbons (Fsp3) is 0.571. The highest BCUT2D eigenvalue weighted by molar-refractivity contribution is 7.18. The molecule has 0 spiro atoms. The third-order valence-corrected chi connectivity index (χ3v) is 3.50. The van der Waals surface area contributed by atoms with Gasteiger partial charge in [0, 0.05) is 5.41 Å². The van der Waals surface area contributed by atoms with Crippen LogP contribution in [-0.2, 0) is 9.53 Å². The van der Waals surface area contributed by atoms with Crippen molar-refractivity contribution in [3.63, 3.8) is 0 Å². The molecule has 106 valence electrons. The maximum Gasteiger partial charge on any atom is 0.348 e. The number of rotatable bonds is 3. The minimum absolute atomic E-state index is 0.0717. The number of amides is 1. The molecule has 0 unspecified atom stereocenters. The van der Waals surface area contributed by atoms with E-state index in [0.717, 1.165) is 5.56 Å². The summed E-state index contributed by atoms with van der Waals surface area (Å²) in [5.74, 6) is -0.411. The summed E-state index contributed by atoms with van der Waals surface area (Å²) in [4.78, 5) is 24.3. The van der Waals surface area contributed by atoms with E-state index < -0.39 is 5.41 Å². The van der Waals surface area contributed by atoms with Gasteiger partial charge < -0.3 is 10.1 Å². The van der Waals surface area contributed by atoms with E-state index in [1.165, 1.54) is 11.3 Å². The lowest BCUT2D eigenvalue weighted by molar-refractivity contribution is -0.123. The van der Waals surface area contributed by atoms with E-state index in [1.54, 1.807) is 6.07 Å². The molecule has 1 N–H and O–H groups in total. The normalized spacial score (nSPS) is 11.5. The van der Waals surface area contributed by atoms with E-state index in [9.17, 15) is 9.59 Å². The Morgan fingerprint density at radius 3 is 2.37 bits per heavy atom. The first kappa shape index (κ1) is 15.7. The maximum atomic E-state index is 11.9. The summed E-state index contributed by atoms with van der Waals surface area (Å²) < 4.78 is 5.16. The highest BCUT2D eigenvalue weighted by Crippen LogP contribution is 2.29. The van der Waals surface area contributed by atoms with Crippen molar-refractivity contribution in [3.8, 4) is 0 Å². The third-order valence-electron chi connectivity index (χ3n) is 2.36. The molecule has 0 aliphatic heterocycles. The van der Waals surface area contributed by atoms with Crippen LogP contribution in [0.5, 0.6) is 0 Å². The molecule has 5 heteroatoms. The molecule has 1 heterocycles. The Morgan fingerprint density at radius 2 is 1.89 bits per heavy atom. The minimum atomic E-state index is -0.462. The molecule has 1 rings (SSSR count). The summed E-state index contributed by atoms with van der Waals surface area (Å²) in [5.41, 5.74) is 0.358. The van der Waals surface area contributed by atoms with Crippen molar-refractivity contribution in [2.75, 3.05) is 5.32 Å². The first-order valence-corrected chi connectivity index (χ1v) is 7.05. The zero-order valence-electron chi connectivity index (χ0n) is 12.3. The Morgan fingerprint density at radius 1 is 1.32 bits per heavy atom. The Bertz CT molecular complexity index is 483. The topological polar surface area (TPSA) is 55.4 Å². The number of esters is 1. The number of carbonyl (C=O) groups excluding carboxylic acids is 2. The number of aryl methyl sites for hydroxylation is 1. The Balaban J connectivity index is 2.85. The molecule has 0 atom stereocenters. The SMILES string of the molecule is Cc1cc(NC(=O)C(C)(C)C)sc1C(=O)OC(C)C. The van der Waals surface area contributed by atoms with Crippen LogP contribution in [0.2, 0.25) is 0 Å². The molecule has 0 saturated heterocycles. The van der Waals surface area contributed by atoms with Gasteiger partial charge in [-0.05, 0) is 32.4 Å². The Hall–Kier alpha value is -1.36. The van der Waals surface area contributed by atoms with Crippen LogP contribution in [0.3, 0.4) is 0 Å². The largest absolute Gasteiger partial charge is 0.459 e. The van der Waals surface area contributed by atoms with E-state index in [1.807, 2.05) is 41.5 Å². The van der Waals surface area contributed by atoms with Gasteiger partial charge in [-0.15, -0.1) is 11.3 Å². The first-order valence-electron chi connectivity index (χ1n) is 6.24. The second-order valence-electron chi connectivity index (χ2n) is 5.78. The van der Waals surface area contributed by atoms with E-state index in [4.69, 9.17) is 4.74 Å². The molecule has 0 fully saturated rings. The quantitative estimate of drug-likeness (QED) is 0.862. The summed E-state index contributed by atoms with van der Waals surface area (Å²) in [6.07, 6.45) is -0.151. The summed E-state index contributed by atoms with van der Waals surface area (Å²) in [6, 6.07) is 1.80. The predicted molar refractivity (Wildman–Crippen MR) is 77.7 cm³/mol. The molecule has 0 bridgehead atoms. The molecule has 1 aromatic heterocycles. The van der Waals surface area contributed by atoms with E-state index in [2.05, 4.69) is 5.32 Å². The molecular formula is C14H21NO3S. The number of anilines is 1. The van der Waals surface area contributed by atoms with Gasteiger partial charge in [-0.1, -0.05) is 20.8 Å². The Kier molecular flexibility index (Phi) is 4.74. The van der Waals surface area contributed by atoms with Gasteiger partial charge in [0.05, 0.1) is 11.1 Å². The zero-order chi connectivity index (χ0) is 14.8. The van der Waals surface area contributed by atoms with Crippen LogP contribution < -0.4 is 5.32 Å². The van der Waals surface area contributed by atoms with Crippen LogP contribution in [0.25, 0.3) is 0 Å². The van der Waals surface area contributed by atoms with E-state index >= 15 is 0 Å². The monoisotopic (exact) mass is 283 g/mol. The van der Waals surface area contributed by atoms with Gasteiger partial charge in [0.15, 0.2) is 0 Å². The van der Waals surface area contributed by atoms with Crippen molar-refractivity contribution in [1.82, 2.24) is 0 Å². The van der Waals surface area contributed by atoms with E-state index in [0.29, 0.717) is 9.88 Å². The lowest BCUT2D eigenvalue weighted by Crippen LogP contribution is -2.27. The average Bonchev–Trinajstić information content (AvgIpc) is 2.57. The first-order chi connectivity index (χ1) is 8.61. The zero-order valence-corrected chi connectivity index (χ0v) is 13.1. The fourth-order valence-electron chi connectivity index (χ4n) is 1.31. The highest BCUT2D eigenvalue weighted by Gasteiger charge is 2.23. The van der Waals surface area contributed by atoms with Crippen molar-refractivity contribution in [3.05, 3.63) is 16.5 Å². The number of ether oxygens (including phenoxy) is 1. The van der Waals surface area contributed by atoms with Crippen LogP contribution in [0.15, 0.2) is 6.07 Å². The van der Waals surface area contributed by atoms with Gasteiger partial charge in [-0.25, -0.2) is 4.79 Å². The molecule has 4 nitrogen and oxygen atoms in total. The van der Waals surface area contributed by atoms with Gasteiger partial charge in [0.2, 0.25) is 5.91 Å². The van der Waals surface area contributed by atoms with Crippen LogP contribution in [0, 0.1) is 12.3 Å². The van der Waals surface area contributed by atoms with Crippen molar-refractivity contribution >= 4 is 28.2 Å². The molecule has 1 aromatic rings. The number of nitrogens with one attached hydrogen (secondary N) is 1. The van der Waals surface area contributed by atoms with Crippen molar-refractivity contribution < 1.29 is 14.3 Å². The number of thiophene rings is 1. The summed E-state index contributed by atoms with van der Waals surface area (Å²) >= 11 is 1.25. The van der Waals surface area contributed by atoms with Crippen LogP contribution in [-0.4, -0.2) is 18.0 Å². The Labute approximate surface area is 118 Å². The fourth-order valence-corrected chi connectivity index (χ4v) is 2.26. The molecule has 0 aliphatic carbocycles. The molecule has 19 heavy (non-hydrogen) atoms. The van der Waals surface area contributed by atoms with Gasteiger partial charge in [0.1, 0.15) is 4.88 Å². The highest BCUT2D eigenvalue weighted by atomic mass is 32.1. The summed E-state index contributed by atoms with van der Waals surface area (Å²) in [5, 5.41) is 3.50. The lowest BCUT2D eigenvalue weighted by atomic mass is 9.96. The number of hydrogen-bond acceptors (Lipinski definition) is 4. The number of carbonyl (C=O) groups is 2. The van der Waals surface area contributed by atoms with Gasteiger partial charge >= 0.3 is 5.97 Å². The van der Waals surface area contributed by atoms with Crippen molar-refractivity contribution in [2.45, 2.75) is 47.6 Å². The standard InChI is InChI=1S/C14H21NO3S/c1-8(2)18-12(16)11-9(3)7-10(19-11)15-13(17)14(4,5)6/h7-8H,1-6H3,(H,15,17). The van der Waals surface area contributed by atoms with Gasteiger partial charge in [0.25, 0.3) is 0 Å². The second-order valence-corrected chi connectivity index (χ2v) is 6.83. The van der Waals surface area contributed by atoms with Gasteiger partial charge in [-0.3, -0.25) is 4.79 Å². The van der Waals surface area contributed by atoms with Crippen molar-refractivity contribution in [2.24, 2.45) is 5.41 Å². The summed E-state index contributed by atoms with van der Waals surface area (Å²) in [7, 11) is 0. The molecule has 1 amide bonds.